The summed E-state index contributed by atoms with van der Waals surface area (Å²) >= 11 is 0. The molecule has 2 heterocycles. The van der Waals surface area contributed by atoms with Crippen LogP contribution in [0.3, 0.4) is 0 Å². The van der Waals surface area contributed by atoms with Crippen molar-refractivity contribution in [2.75, 3.05) is 20.1 Å². The first-order valence-corrected chi connectivity index (χ1v) is 9.45. The van der Waals surface area contributed by atoms with Crippen LogP contribution in [0.2, 0.25) is 0 Å². The molecule has 2 N–H and O–H groups in total. The van der Waals surface area contributed by atoms with Gasteiger partial charge >= 0.3 is 0 Å². The van der Waals surface area contributed by atoms with Gasteiger partial charge < -0.3 is 15.5 Å². The van der Waals surface area contributed by atoms with Gasteiger partial charge in [0.1, 0.15) is 0 Å². The largest absolute Gasteiger partial charge is 0.357 e. The lowest BCUT2D eigenvalue weighted by molar-refractivity contribution is -0.132. The Kier molecular flexibility index (Phi) is 6.41. The number of guanidine groups is 1. The third-order valence-electron chi connectivity index (χ3n) is 4.62. The molecule has 27 heavy (non-hydrogen) atoms. The van der Waals surface area contributed by atoms with Crippen LogP contribution in [0, 0.1) is 0 Å². The molecule has 1 atom stereocenters. The quantitative estimate of drug-likeness (QED) is 0.631. The van der Waals surface area contributed by atoms with Crippen LogP contribution < -0.4 is 10.6 Å². The monoisotopic (exact) mass is 365 g/mol. The third kappa shape index (κ3) is 5.29. The Hall–Kier alpha value is -2.89. The molecule has 0 saturated carbocycles. The molecule has 142 valence electrons. The number of nitrogens with one attached hydrogen (secondary N) is 2. The molecule has 1 aliphatic rings. The number of nitrogens with zero attached hydrogens (tertiary/aromatic N) is 3. The maximum absolute atomic E-state index is 11.7. The van der Waals surface area contributed by atoms with E-state index >= 15 is 0 Å². The molecule has 1 unspecified atom stereocenters. The summed E-state index contributed by atoms with van der Waals surface area (Å²) < 4.78 is 0. The molecule has 1 aromatic carbocycles. The number of rotatable bonds is 5. The Bertz CT molecular complexity index is 790. The van der Waals surface area contributed by atoms with Gasteiger partial charge in [0.15, 0.2) is 5.96 Å². The van der Waals surface area contributed by atoms with Crippen LogP contribution in [0.5, 0.6) is 0 Å². The molecule has 2 aromatic rings. The molecule has 3 rings (SSSR count). The number of aromatic nitrogens is 1. The highest BCUT2D eigenvalue weighted by atomic mass is 16.2. The number of piperidine rings is 1. The van der Waals surface area contributed by atoms with Crippen molar-refractivity contribution in [1.29, 1.82) is 0 Å². The predicted molar refractivity (Wildman–Crippen MR) is 108 cm³/mol. The van der Waals surface area contributed by atoms with Gasteiger partial charge in [0.05, 0.1) is 12.2 Å². The molecule has 1 aromatic heterocycles. The number of benzene rings is 1. The molecule has 6 heteroatoms. The van der Waals surface area contributed by atoms with E-state index in [2.05, 4.69) is 40.7 Å². The first kappa shape index (κ1) is 18.9. The van der Waals surface area contributed by atoms with Crippen LogP contribution in [-0.2, 0) is 11.3 Å². The third-order valence-corrected chi connectivity index (χ3v) is 4.62. The van der Waals surface area contributed by atoms with Crippen molar-refractivity contribution >= 4 is 11.9 Å². The molecular formula is C21H27N5O. The van der Waals surface area contributed by atoms with Crippen LogP contribution in [0.4, 0.5) is 0 Å². The number of likely N-dealkylation sites (tertiary alicyclic amines) is 1. The zero-order valence-electron chi connectivity index (χ0n) is 16.0. The van der Waals surface area contributed by atoms with E-state index in [9.17, 15) is 4.79 Å². The Balaban J connectivity index is 1.67. The minimum absolute atomic E-state index is 0.210. The lowest BCUT2D eigenvalue weighted by Crippen LogP contribution is -2.51. The molecule has 0 bridgehead atoms. The first-order chi connectivity index (χ1) is 13.2. The molecule has 0 radical (unpaired) electrons. The van der Waals surface area contributed by atoms with Crippen molar-refractivity contribution in [3.63, 3.8) is 0 Å². The number of likely N-dealkylation sites (N-methyl/N-ethyl adjacent to an activating group) is 1. The van der Waals surface area contributed by atoms with Gasteiger partial charge in [-0.1, -0.05) is 24.3 Å². The zero-order valence-corrected chi connectivity index (χ0v) is 16.0. The molecule has 0 aliphatic carbocycles. The summed E-state index contributed by atoms with van der Waals surface area (Å²) in [4.78, 5) is 22.6. The normalized spacial score (nSPS) is 17.7. The molecule has 0 spiro atoms. The number of amides is 1. The number of pyridine rings is 1. The smallest absolute Gasteiger partial charge is 0.222 e. The second-order valence-corrected chi connectivity index (χ2v) is 6.76. The van der Waals surface area contributed by atoms with Crippen molar-refractivity contribution in [3.8, 4) is 11.3 Å². The summed E-state index contributed by atoms with van der Waals surface area (Å²) in [5.74, 6) is 0.995. The van der Waals surface area contributed by atoms with Gasteiger partial charge in [-0.15, -0.1) is 0 Å². The first-order valence-electron chi connectivity index (χ1n) is 9.45. The van der Waals surface area contributed by atoms with Gasteiger partial charge in [0.25, 0.3) is 0 Å². The SMILES string of the molecule is CCNC(=NCc1cccc(-c2ccccn2)c1)NC1CCC(=O)N(C)C1. The number of carbonyl (C=O) groups is 1. The van der Waals surface area contributed by atoms with E-state index in [0.29, 0.717) is 19.5 Å². The van der Waals surface area contributed by atoms with Crippen molar-refractivity contribution < 1.29 is 4.79 Å². The summed E-state index contributed by atoms with van der Waals surface area (Å²) in [5, 5.41) is 6.75. The molecular weight excluding hydrogens is 338 g/mol. The highest BCUT2D eigenvalue weighted by Gasteiger charge is 2.23. The second-order valence-electron chi connectivity index (χ2n) is 6.76. The van der Waals surface area contributed by atoms with E-state index in [1.807, 2.05) is 31.3 Å². The van der Waals surface area contributed by atoms with Crippen LogP contribution in [0.25, 0.3) is 11.3 Å². The average Bonchev–Trinajstić information content (AvgIpc) is 2.70. The maximum Gasteiger partial charge on any atom is 0.222 e. The summed E-state index contributed by atoms with van der Waals surface area (Å²) in [5.41, 5.74) is 3.18. The molecule has 1 amide bonds. The Morgan fingerprint density at radius 2 is 2.19 bits per heavy atom. The maximum atomic E-state index is 11.7. The Morgan fingerprint density at radius 1 is 1.30 bits per heavy atom. The van der Waals surface area contributed by atoms with Crippen LogP contribution >= 0.6 is 0 Å². The summed E-state index contributed by atoms with van der Waals surface area (Å²) in [6, 6.07) is 14.5. The van der Waals surface area contributed by atoms with Gasteiger partial charge in [-0.05, 0) is 37.1 Å². The van der Waals surface area contributed by atoms with Crippen LogP contribution in [0.15, 0.2) is 53.7 Å². The van der Waals surface area contributed by atoms with E-state index in [-0.39, 0.29) is 11.9 Å². The van der Waals surface area contributed by atoms with Crippen molar-refractivity contribution in [3.05, 3.63) is 54.2 Å². The summed E-state index contributed by atoms with van der Waals surface area (Å²) in [7, 11) is 1.85. The standard InChI is InChI=1S/C21H27N5O/c1-3-22-21(25-18-10-11-20(27)26(2)15-18)24-14-16-7-6-8-17(13-16)19-9-4-5-12-23-19/h4-9,12-13,18H,3,10-11,14-15H2,1-2H3,(H2,22,24,25). The van der Waals surface area contributed by atoms with E-state index < -0.39 is 0 Å². The Labute approximate surface area is 160 Å². The minimum atomic E-state index is 0.210. The number of hydrogen-bond donors (Lipinski definition) is 2. The molecule has 1 aliphatic heterocycles. The van der Waals surface area contributed by atoms with Crippen molar-refractivity contribution in [2.45, 2.75) is 32.4 Å². The van der Waals surface area contributed by atoms with Crippen LogP contribution in [0.1, 0.15) is 25.3 Å². The lowest BCUT2D eigenvalue weighted by Gasteiger charge is -2.31. The second kappa shape index (κ2) is 9.16. The van der Waals surface area contributed by atoms with Crippen molar-refractivity contribution in [1.82, 2.24) is 20.5 Å². The fraction of sp³-hybridized carbons (Fsp3) is 0.381. The van der Waals surface area contributed by atoms with E-state index in [1.54, 1.807) is 11.1 Å². The highest BCUT2D eigenvalue weighted by molar-refractivity contribution is 5.81. The topological polar surface area (TPSA) is 69.6 Å². The molecule has 6 nitrogen and oxygen atoms in total. The summed E-state index contributed by atoms with van der Waals surface area (Å²) in [6.45, 7) is 4.13. The number of hydrogen-bond acceptors (Lipinski definition) is 3. The number of carbonyl (C=O) groups excluding carboxylic acids is 1. The highest BCUT2D eigenvalue weighted by Crippen LogP contribution is 2.18. The van der Waals surface area contributed by atoms with Gasteiger partial charge in [0, 0.05) is 44.4 Å². The fourth-order valence-electron chi connectivity index (χ4n) is 3.18. The molecule has 1 saturated heterocycles. The van der Waals surface area contributed by atoms with Crippen molar-refractivity contribution in [2.24, 2.45) is 4.99 Å². The minimum Gasteiger partial charge on any atom is -0.357 e. The van der Waals surface area contributed by atoms with Gasteiger partial charge in [-0.2, -0.15) is 0 Å². The van der Waals surface area contributed by atoms with E-state index in [1.165, 1.54) is 0 Å². The fourth-order valence-corrected chi connectivity index (χ4v) is 3.18. The van der Waals surface area contributed by atoms with Crippen LogP contribution in [-0.4, -0.2) is 47.9 Å². The Morgan fingerprint density at radius 3 is 2.93 bits per heavy atom. The molecule has 1 fully saturated rings. The van der Waals surface area contributed by atoms with E-state index in [4.69, 9.17) is 4.99 Å². The predicted octanol–water partition coefficient (Wildman–Crippen LogP) is 2.42. The lowest BCUT2D eigenvalue weighted by atomic mass is 10.1. The summed E-state index contributed by atoms with van der Waals surface area (Å²) in [6.07, 6.45) is 3.22. The van der Waals surface area contributed by atoms with E-state index in [0.717, 1.165) is 35.7 Å². The average molecular weight is 365 g/mol. The van der Waals surface area contributed by atoms with Gasteiger partial charge in [-0.25, -0.2) is 4.99 Å². The number of aliphatic imine (C=N–C) groups is 1. The zero-order chi connectivity index (χ0) is 19.1. The van der Waals surface area contributed by atoms with Gasteiger partial charge in [0.2, 0.25) is 5.91 Å². The van der Waals surface area contributed by atoms with Gasteiger partial charge in [-0.3, -0.25) is 9.78 Å².